The van der Waals surface area contributed by atoms with Gasteiger partial charge in [0.1, 0.15) is 11.6 Å². The average Bonchev–Trinajstić information content (AvgIpc) is 2.69. The van der Waals surface area contributed by atoms with E-state index in [0.717, 1.165) is 17.9 Å². The maximum absolute atomic E-state index is 13.2. The van der Waals surface area contributed by atoms with Crippen LogP contribution in [0.5, 0.6) is 5.75 Å². The number of guanidine groups is 1. The van der Waals surface area contributed by atoms with Crippen molar-refractivity contribution in [2.45, 2.75) is 19.9 Å². The number of carbonyl (C=O) groups is 1. The molecule has 3 N–H and O–H groups in total. The van der Waals surface area contributed by atoms with Crippen molar-refractivity contribution in [3.63, 3.8) is 0 Å². The van der Waals surface area contributed by atoms with Crippen LogP contribution in [0.3, 0.4) is 0 Å². The highest BCUT2D eigenvalue weighted by Crippen LogP contribution is 2.11. The minimum Gasteiger partial charge on any atom is -0.497 e. The lowest BCUT2D eigenvalue weighted by Gasteiger charge is -2.12. The van der Waals surface area contributed by atoms with Crippen LogP contribution in [0.25, 0.3) is 0 Å². The van der Waals surface area contributed by atoms with Gasteiger partial charge in [0.15, 0.2) is 5.96 Å². The Labute approximate surface area is 165 Å². The van der Waals surface area contributed by atoms with Crippen LogP contribution in [0.2, 0.25) is 0 Å². The van der Waals surface area contributed by atoms with Gasteiger partial charge in [-0.05, 0) is 42.3 Å². The standard InChI is InChI=1S/C21H27FN4O2/c1-3-23-21(26-15-16-7-9-19(28-2)10-8-16)25-12-11-24-20(27)14-17-5-4-6-18(22)13-17/h4-10,13H,3,11-12,14-15H2,1-2H3,(H,24,27)(H2,23,25,26). The number of benzene rings is 2. The molecule has 0 saturated carbocycles. The lowest BCUT2D eigenvalue weighted by Crippen LogP contribution is -2.41. The van der Waals surface area contributed by atoms with E-state index in [2.05, 4.69) is 20.9 Å². The van der Waals surface area contributed by atoms with Crippen LogP contribution in [-0.4, -0.2) is 38.6 Å². The van der Waals surface area contributed by atoms with Crippen molar-refractivity contribution in [3.05, 3.63) is 65.5 Å². The Morgan fingerprint density at radius 2 is 1.79 bits per heavy atom. The first kappa shape index (κ1) is 21.2. The van der Waals surface area contributed by atoms with Crippen LogP contribution in [0, 0.1) is 5.82 Å². The molecule has 0 fully saturated rings. The van der Waals surface area contributed by atoms with Gasteiger partial charge in [-0.3, -0.25) is 4.79 Å². The minimum atomic E-state index is -0.338. The van der Waals surface area contributed by atoms with Crippen LogP contribution in [-0.2, 0) is 17.8 Å². The normalized spacial score (nSPS) is 11.0. The van der Waals surface area contributed by atoms with E-state index in [1.165, 1.54) is 12.1 Å². The second-order valence-corrected chi connectivity index (χ2v) is 6.13. The van der Waals surface area contributed by atoms with E-state index in [4.69, 9.17) is 4.74 Å². The highest BCUT2D eigenvalue weighted by Gasteiger charge is 2.04. The Kier molecular flexibility index (Phi) is 8.78. The van der Waals surface area contributed by atoms with Crippen LogP contribution < -0.4 is 20.7 Å². The first-order valence-electron chi connectivity index (χ1n) is 9.27. The fourth-order valence-electron chi connectivity index (χ4n) is 2.52. The summed E-state index contributed by atoms with van der Waals surface area (Å²) in [5.74, 6) is 1.01. The summed E-state index contributed by atoms with van der Waals surface area (Å²) in [5.41, 5.74) is 1.72. The molecule has 0 aliphatic carbocycles. The number of nitrogens with zero attached hydrogens (tertiary/aromatic N) is 1. The quantitative estimate of drug-likeness (QED) is 0.351. The maximum atomic E-state index is 13.2. The third-order valence-corrected chi connectivity index (χ3v) is 3.92. The van der Waals surface area contributed by atoms with E-state index in [9.17, 15) is 9.18 Å². The van der Waals surface area contributed by atoms with Crippen molar-refractivity contribution in [2.75, 3.05) is 26.7 Å². The number of hydrogen-bond acceptors (Lipinski definition) is 3. The van der Waals surface area contributed by atoms with Gasteiger partial charge in [-0.2, -0.15) is 0 Å². The lowest BCUT2D eigenvalue weighted by atomic mass is 10.1. The molecule has 28 heavy (non-hydrogen) atoms. The molecule has 150 valence electrons. The van der Waals surface area contributed by atoms with Crippen LogP contribution >= 0.6 is 0 Å². The molecular formula is C21H27FN4O2. The Morgan fingerprint density at radius 3 is 2.46 bits per heavy atom. The summed E-state index contributed by atoms with van der Waals surface area (Å²) >= 11 is 0. The summed E-state index contributed by atoms with van der Waals surface area (Å²) < 4.78 is 18.3. The van der Waals surface area contributed by atoms with Crippen molar-refractivity contribution in [2.24, 2.45) is 4.99 Å². The third-order valence-electron chi connectivity index (χ3n) is 3.92. The van der Waals surface area contributed by atoms with Crippen molar-refractivity contribution in [1.29, 1.82) is 0 Å². The number of carbonyl (C=O) groups excluding carboxylic acids is 1. The number of methoxy groups -OCH3 is 1. The average molecular weight is 386 g/mol. The molecule has 0 saturated heterocycles. The molecule has 0 bridgehead atoms. The molecule has 2 aromatic carbocycles. The van der Waals surface area contributed by atoms with Crippen LogP contribution in [0.1, 0.15) is 18.1 Å². The monoisotopic (exact) mass is 386 g/mol. The smallest absolute Gasteiger partial charge is 0.224 e. The van der Waals surface area contributed by atoms with Gasteiger partial charge in [-0.1, -0.05) is 24.3 Å². The predicted molar refractivity (Wildman–Crippen MR) is 109 cm³/mol. The van der Waals surface area contributed by atoms with Gasteiger partial charge in [0.2, 0.25) is 5.91 Å². The molecule has 0 aliphatic heterocycles. The lowest BCUT2D eigenvalue weighted by molar-refractivity contribution is -0.120. The first-order valence-corrected chi connectivity index (χ1v) is 9.27. The maximum Gasteiger partial charge on any atom is 0.224 e. The second-order valence-electron chi connectivity index (χ2n) is 6.13. The van der Waals surface area contributed by atoms with E-state index >= 15 is 0 Å². The zero-order chi connectivity index (χ0) is 20.2. The van der Waals surface area contributed by atoms with E-state index in [1.807, 2.05) is 31.2 Å². The molecule has 2 rings (SSSR count). The van der Waals surface area contributed by atoms with E-state index in [1.54, 1.807) is 19.2 Å². The number of rotatable bonds is 9. The van der Waals surface area contributed by atoms with Gasteiger partial charge in [-0.15, -0.1) is 0 Å². The molecule has 0 atom stereocenters. The fraction of sp³-hybridized carbons (Fsp3) is 0.333. The van der Waals surface area contributed by atoms with Gasteiger partial charge in [0.25, 0.3) is 0 Å². The van der Waals surface area contributed by atoms with Gasteiger partial charge >= 0.3 is 0 Å². The largest absolute Gasteiger partial charge is 0.497 e. The Morgan fingerprint density at radius 1 is 1.04 bits per heavy atom. The number of amides is 1. The number of hydrogen-bond donors (Lipinski definition) is 3. The molecule has 1 amide bonds. The Balaban J connectivity index is 1.74. The molecule has 0 aliphatic rings. The zero-order valence-corrected chi connectivity index (χ0v) is 16.3. The number of ether oxygens (including phenoxy) is 1. The summed E-state index contributed by atoms with van der Waals surface area (Å²) in [6, 6.07) is 13.8. The SMILES string of the molecule is CCNC(=NCc1ccc(OC)cc1)NCCNC(=O)Cc1cccc(F)c1. The highest BCUT2D eigenvalue weighted by molar-refractivity contribution is 5.80. The zero-order valence-electron chi connectivity index (χ0n) is 16.3. The van der Waals surface area contributed by atoms with Crippen molar-refractivity contribution in [3.8, 4) is 5.75 Å². The number of nitrogens with one attached hydrogen (secondary N) is 3. The molecular weight excluding hydrogens is 359 g/mol. The molecule has 0 spiro atoms. The molecule has 0 radical (unpaired) electrons. The molecule has 6 nitrogen and oxygen atoms in total. The van der Waals surface area contributed by atoms with E-state index in [0.29, 0.717) is 31.2 Å². The highest BCUT2D eigenvalue weighted by atomic mass is 19.1. The van der Waals surface area contributed by atoms with Crippen molar-refractivity contribution in [1.82, 2.24) is 16.0 Å². The van der Waals surface area contributed by atoms with Crippen LogP contribution in [0.4, 0.5) is 4.39 Å². The number of aliphatic imine (C=N–C) groups is 1. The van der Waals surface area contributed by atoms with Gasteiger partial charge in [-0.25, -0.2) is 9.38 Å². The molecule has 0 heterocycles. The summed E-state index contributed by atoms with van der Waals surface area (Å²) in [5, 5.41) is 9.16. The van der Waals surface area contributed by atoms with Gasteiger partial charge in [0, 0.05) is 19.6 Å². The first-order chi connectivity index (χ1) is 13.6. The van der Waals surface area contributed by atoms with Gasteiger partial charge in [0.05, 0.1) is 20.1 Å². The van der Waals surface area contributed by atoms with Gasteiger partial charge < -0.3 is 20.7 Å². The summed E-state index contributed by atoms with van der Waals surface area (Å²) in [7, 11) is 1.64. The molecule has 0 aromatic heterocycles. The Hall–Kier alpha value is -3.09. The molecule has 7 heteroatoms. The second kappa shape index (κ2) is 11.6. The predicted octanol–water partition coefficient (Wildman–Crippen LogP) is 2.25. The van der Waals surface area contributed by atoms with E-state index in [-0.39, 0.29) is 18.1 Å². The topological polar surface area (TPSA) is 74.8 Å². The fourth-order valence-corrected chi connectivity index (χ4v) is 2.52. The summed E-state index contributed by atoms with van der Waals surface area (Å²) in [6.07, 6.45) is 0.156. The third kappa shape index (κ3) is 7.65. The van der Waals surface area contributed by atoms with Crippen LogP contribution in [0.15, 0.2) is 53.5 Å². The summed E-state index contributed by atoms with van der Waals surface area (Å²) in [4.78, 5) is 16.5. The van der Waals surface area contributed by atoms with Crippen molar-refractivity contribution < 1.29 is 13.9 Å². The summed E-state index contributed by atoms with van der Waals surface area (Å²) in [6.45, 7) is 4.24. The van der Waals surface area contributed by atoms with E-state index < -0.39 is 0 Å². The Bertz CT molecular complexity index is 778. The molecule has 2 aromatic rings. The number of halogens is 1. The van der Waals surface area contributed by atoms with Crippen molar-refractivity contribution >= 4 is 11.9 Å². The minimum absolute atomic E-state index is 0.146. The molecule has 0 unspecified atom stereocenters.